The number of nitrogens with zero attached hydrogens (tertiary/aromatic N) is 1. The van der Waals surface area contributed by atoms with Crippen LogP contribution in [-0.2, 0) is 6.42 Å². The third-order valence-electron chi connectivity index (χ3n) is 2.21. The maximum atomic E-state index is 5.12. The number of fused-ring (bicyclic) bond motifs is 1. The number of nitrogens with one attached hydrogen (secondary N) is 1. The maximum absolute atomic E-state index is 5.12. The van der Waals surface area contributed by atoms with E-state index < -0.39 is 0 Å². The molecule has 1 N–H and O–H groups in total. The van der Waals surface area contributed by atoms with Gasteiger partial charge in [0, 0.05) is 17.3 Å². The first-order valence-electron chi connectivity index (χ1n) is 4.46. The van der Waals surface area contributed by atoms with Crippen LogP contribution in [0.4, 0.5) is 0 Å². The minimum Gasteiger partial charge on any atom is -0.480 e. The normalized spacial score (nSPS) is 10.8. The molecule has 14 heavy (non-hydrogen) atoms. The van der Waals surface area contributed by atoms with Crippen molar-refractivity contribution in [1.82, 2.24) is 9.97 Å². The number of aromatic amines is 1. The molecule has 3 nitrogen and oxygen atoms in total. The second-order valence-corrected chi connectivity index (χ2v) is 3.85. The molecular formula is C10H11BrN2O. The highest BCUT2D eigenvalue weighted by molar-refractivity contribution is 9.10. The van der Waals surface area contributed by atoms with Gasteiger partial charge in [-0.1, -0.05) is 6.92 Å². The van der Waals surface area contributed by atoms with Gasteiger partial charge in [-0.25, -0.2) is 4.98 Å². The molecule has 0 aliphatic rings. The van der Waals surface area contributed by atoms with Crippen molar-refractivity contribution < 1.29 is 4.74 Å². The first-order valence-corrected chi connectivity index (χ1v) is 5.25. The molecule has 2 rings (SSSR count). The van der Waals surface area contributed by atoms with E-state index in [2.05, 4.69) is 38.9 Å². The molecule has 2 aromatic heterocycles. The summed E-state index contributed by atoms with van der Waals surface area (Å²) in [6.07, 6.45) is 2.80. The third kappa shape index (κ3) is 1.39. The Kier molecular flexibility index (Phi) is 2.46. The van der Waals surface area contributed by atoms with Crippen LogP contribution in [0.25, 0.3) is 10.9 Å². The number of aryl methyl sites for hydroxylation is 1. The second-order valence-electron chi connectivity index (χ2n) is 3.06. The van der Waals surface area contributed by atoms with Crippen LogP contribution >= 0.6 is 15.9 Å². The van der Waals surface area contributed by atoms with Crippen molar-refractivity contribution in [2.75, 3.05) is 7.11 Å². The van der Waals surface area contributed by atoms with Crippen LogP contribution in [0.3, 0.4) is 0 Å². The molecule has 0 saturated carbocycles. The summed E-state index contributed by atoms with van der Waals surface area (Å²) in [5.74, 6) is 0.613. The number of H-pyrrole nitrogens is 1. The fraction of sp³-hybridized carbons (Fsp3) is 0.300. The molecule has 0 radical (unpaired) electrons. The van der Waals surface area contributed by atoms with Crippen LogP contribution in [0.2, 0.25) is 0 Å². The van der Waals surface area contributed by atoms with Gasteiger partial charge in [-0.05, 0) is 28.4 Å². The van der Waals surface area contributed by atoms with E-state index in [0.29, 0.717) is 5.88 Å². The van der Waals surface area contributed by atoms with E-state index >= 15 is 0 Å². The van der Waals surface area contributed by atoms with E-state index in [0.717, 1.165) is 21.8 Å². The highest BCUT2D eigenvalue weighted by atomic mass is 79.9. The lowest BCUT2D eigenvalue weighted by Crippen LogP contribution is -1.88. The van der Waals surface area contributed by atoms with Crippen molar-refractivity contribution >= 4 is 26.8 Å². The zero-order valence-corrected chi connectivity index (χ0v) is 9.68. The van der Waals surface area contributed by atoms with Crippen molar-refractivity contribution in [2.45, 2.75) is 13.3 Å². The van der Waals surface area contributed by atoms with Crippen LogP contribution in [0.1, 0.15) is 12.6 Å². The zero-order chi connectivity index (χ0) is 10.1. The van der Waals surface area contributed by atoms with Crippen molar-refractivity contribution in [3.8, 4) is 5.88 Å². The zero-order valence-electron chi connectivity index (χ0n) is 8.10. The molecule has 0 saturated heterocycles. The number of aromatic nitrogens is 2. The predicted molar refractivity (Wildman–Crippen MR) is 59.7 cm³/mol. The average molecular weight is 255 g/mol. The largest absolute Gasteiger partial charge is 0.480 e. The molecule has 0 aromatic carbocycles. The molecule has 0 fully saturated rings. The summed E-state index contributed by atoms with van der Waals surface area (Å²) in [7, 11) is 1.61. The van der Waals surface area contributed by atoms with E-state index in [1.54, 1.807) is 7.11 Å². The number of hydrogen-bond acceptors (Lipinski definition) is 2. The van der Waals surface area contributed by atoms with Gasteiger partial charge in [0.15, 0.2) is 0 Å². The second kappa shape index (κ2) is 3.61. The number of ether oxygens (including phenoxy) is 1. The molecule has 0 bridgehead atoms. The Balaban J connectivity index is 2.68. The van der Waals surface area contributed by atoms with Crippen LogP contribution in [-0.4, -0.2) is 17.1 Å². The average Bonchev–Trinajstić information content (AvgIpc) is 2.62. The third-order valence-corrected chi connectivity index (χ3v) is 2.94. The van der Waals surface area contributed by atoms with Gasteiger partial charge in [-0.2, -0.15) is 0 Å². The summed E-state index contributed by atoms with van der Waals surface area (Å²) < 4.78 is 6.00. The quantitative estimate of drug-likeness (QED) is 0.895. The van der Waals surface area contributed by atoms with Gasteiger partial charge in [0.2, 0.25) is 5.88 Å². The van der Waals surface area contributed by atoms with E-state index in [9.17, 15) is 0 Å². The molecule has 2 aromatic rings. The molecule has 0 spiro atoms. The predicted octanol–water partition coefficient (Wildman–Crippen LogP) is 2.90. The van der Waals surface area contributed by atoms with E-state index in [4.69, 9.17) is 4.74 Å². The van der Waals surface area contributed by atoms with Crippen LogP contribution in [0, 0.1) is 0 Å². The standard InChI is InChI=1S/C10H11BrN2O/c1-3-7-4-6-5-12-10(14-2)8(11)9(6)13-7/h4-5,13H,3H2,1-2H3. The SMILES string of the molecule is CCc1cc2cnc(OC)c(Br)c2[nH]1. The minimum absolute atomic E-state index is 0.613. The van der Waals surface area contributed by atoms with Crippen molar-refractivity contribution in [1.29, 1.82) is 0 Å². The fourth-order valence-corrected chi connectivity index (χ4v) is 2.03. The first-order chi connectivity index (χ1) is 6.76. The maximum Gasteiger partial charge on any atom is 0.229 e. The smallest absolute Gasteiger partial charge is 0.229 e. The molecule has 0 atom stereocenters. The number of methoxy groups -OCH3 is 1. The summed E-state index contributed by atoms with van der Waals surface area (Å²) in [5, 5.41) is 1.11. The molecular weight excluding hydrogens is 244 g/mol. The molecule has 2 heterocycles. The van der Waals surface area contributed by atoms with Gasteiger partial charge in [0.1, 0.15) is 4.47 Å². The van der Waals surface area contributed by atoms with Gasteiger partial charge >= 0.3 is 0 Å². The molecule has 0 aliphatic heterocycles. The van der Waals surface area contributed by atoms with Crippen LogP contribution < -0.4 is 4.74 Å². The van der Waals surface area contributed by atoms with Gasteiger partial charge in [0.25, 0.3) is 0 Å². The Labute approximate surface area is 90.6 Å². The minimum atomic E-state index is 0.613. The monoisotopic (exact) mass is 254 g/mol. The number of pyridine rings is 1. The topological polar surface area (TPSA) is 37.9 Å². The van der Waals surface area contributed by atoms with Crippen LogP contribution in [0.5, 0.6) is 5.88 Å². The Bertz CT molecular complexity index is 464. The lowest BCUT2D eigenvalue weighted by Gasteiger charge is -2.01. The number of rotatable bonds is 2. The number of hydrogen-bond donors (Lipinski definition) is 1. The summed E-state index contributed by atoms with van der Waals surface area (Å²) >= 11 is 3.47. The van der Waals surface area contributed by atoms with Crippen molar-refractivity contribution in [3.05, 3.63) is 22.4 Å². The van der Waals surface area contributed by atoms with Crippen molar-refractivity contribution in [2.24, 2.45) is 0 Å². The summed E-state index contributed by atoms with van der Waals surface area (Å²) in [6.45, 7) is 2.11. The van der Waals surface area contributed by atoms with Gasteiger partial charge in [0.05, 0.1) is 12.6 Å². The highest BCUT2D eigenvalue weighted by Gasteiger charge is 2.09. The summed E-state index contributed by atoms with van der Waals surface area (Å²) in [5.41, 5.74) is 2.25. The fourth-order valence-electron chi connectivity index (χ4n) is 1.44. The molecule has 4 heteroatoms. The van der Waals surface area contributed by atoms with Gasteiger partial charge in [-0.3, -0.25) is 0 Å². The summed E-state index contributed by atoms with van der Waals surface area (Å²) in [6, 6.07) is 2.10. The lowest BCUT2D eigenvalue weighted by atomic mass is 10.3. The molecule has 74 valence electrons. The molecule has 0 aliphatic carbocycles. The first kappa shape index (κ1) is 9.52. The van der Waals surface area contributed by atoms with E-state index in [1.807, 2.05) is 6.20 Å². The lowest BCUT2D eigenvalue weighted by molar-refractivity contribution is 0.396. The summed E-state index contributed by atoms with van der Waals surface area (Å²) in [4.78, 5) is 7.50. The molecule has 0 unspecified atom stereocenters. The Hall–Kier alpha value is -1.03. The van der Waals surface area contributed by atoms with Gasteiger partial charge < -0.3 is 9.72 Å². The Morgan fingerprint density at radius 3 is 3.00 bits per heavy atom. The highest BCUT2D eigenvalue weighted by Crippen LogP contribution is 2.30. The van der Waals surface area contributed by atoms with Crippen LogP contribution in [0.15, 0.2) is 16.7 Å². The number of halogens is 1. The Morgan fingerprint density at radius 2 is 2.36 bits per heavy atom. The van der Waals surface area contributed by atoms with E-state index in [1.165, 1.54) is 5.69 Å². The van der Waals surface area contributed by atoms with Crippen molar-refractivity contribution in [3.63, 3.8) is 0 Å². The Morgan fingerprint density at radius 1 is 1.57 bits per heavy atom. The van der Waals surface area contributed by atoms with Gasteiger partial charge in [-0.15, -0.1) is 0 Å². The van der Waals surface area contributed by atoms with E-state index in [-0.39, 0.29) is 0 Å². The molecule has 0 amide bonds.